The molecule has 1 aliphatic rings. The summed E-state index contributed by atoms with van der Waals surface area (Å²) < 4.78 is 0. The maximum atomic E-state index is 4.35. The van der Waals surface area contributed by atoms with E-state index in [2.05, 4.69) is 41.5 Å². The SMILES string of the molecule is CC(NCc1ccccc1C1CC1)c1nccs1. The minimum Gasteiger partial charge on any atom is -0.304 e. The Labute approximate surface area is 112 Å². The zero-order valence-electron chi connectivity index (χ0n) is 10.6. The summed E-state index contributed by atoms with van der Waals surface area (Å²) >= 11 is 1.72. The van der Waals surface area contributed by atoms with Gasteiger partial charge in [-0.05, 0) is 36.8 Å². The summed E-state index contributed by atoms with van der Waals surface area (Å²) in [5.74, 6) is 0.818. The maximum absolute atomic E-state index is 4.35. The third-order valence-corrected chi connectivity index (χ3v) is 4.45. The fourth-order valence-corrected chi connectivity index (χ4v) is 2.96. The Morgan fingerprint density at radius 1 is 1.39 bits per heavy atom. The summed E-state index contributed by atoms with van der Waals surface area (Å²) in [5, 5.41) is 6.77. The van der Waals surface area contributed by atoms with Crippen molar-refractivity contribution in [1.82, 2.24) is 10.3 Å². The second kappa shape index (κ2) is 5.21. The van der Waals surface area contributed by atoms with Crippen LogP contribution in [0.1, 0.15) is 47.9 Å². The number of rotatable bonds is 5. The van der Waals surface area contributed by atoms with Crippen molar-refractivity contribution in [2.75, 3.05) is 0 Å². The summed E-state index contributed by atoms with van der Waals surface area (Å²) in [6, 6.07) is 9.15. The Kier molecular flexibility index (Phi) is 3.43. The lowest BCUT2D eigenvalue weighted by atomic mass is 10.0. The molecule has 0 bridgehead atoms. The Morgan fingerprint density at radius 2 is 2.22 bits per heavy atom. The lowest BCUT2D eigenvalue weighted by Gasteiger charge is -2.13. The van der Waals surface area contributed by atoms with E-state index in [0.29, 0.717) is 6.04 Å². The summed E-state index contributed by atoms with van der Waals surface area (Å²) in [7, 11) is 0. The van der Waals surface area contributed by atoms with Crippen LogP contribution < -0.4 is 5.32 Å². The number of benzene rings is 1. The van der Waals surface area contributed by atoms with Crippen molar-refractivity contribution in [3.8, 4) is 0 Å². The van der Waals surface area contributed by atoms with Crippen molar-refractivity contribution in [1.29, 1.82) is 0 Å². The molecule has 2 nitrogen and oxygen atoms in total. The van der Waals surface area contributed by atoms with Gasteiger partial charge in [0.1, 0.15) is 5.01 Å². The first-order chi connectivity index (χ1) is 8.84. The van der Waals surface area contributed by atoms with Gasteiger partial charge in [-0.1, -0.05) is 24.3 Å². The van der Waals surface area contributed by atoms with Gasteiger partial charge in [0.2, 0.25) is 0 Å². The van der Waals surface area contributed by atoms with Crippen molar-refractivity contribution in [3.05, 3.63) is 52.0 Å². The third kappa shape index (κ3) is 2.62. The molecule has 1 unspecified atom stereocenters. The topological polar surface area (TPSA) is 24.9 Å². The number of hydrogen-bond acceptors (Lipinski definition) is 3. The molecular weight excluding hydrogens is 240 g/mol. The third-order valence-electron chi connectivity index (χ3n) is 3.49. The molecule has 1 atom stereocenters. The first-order valence-electron chi connectivity index (χ1n) is 6.55. The molecule has 1 aromatic carbocycles. The number of aromatic nitrogens is 1. The van der Waals surface area contributed by atoms with Crippen LogP contribution in [-0.4, -0.2) is 4.98 Å². The molecule has 2 aromatic rings. The Balaban J connectivity index is 1.66. The molecule has 1 fully saturated rings. The van der Waals surface area contributed by atoms with E-state index in [4.69, 9.17) is 0 Å². The van der Waals surface area contributed by atoms with Crippen molar-refractivity contribution in [2.24, 2.45) is 0 Å². The monoisotopic (exact) mass is 258 g/mol. The minimum absolute atomic E-state index is 0.331. The van der Waals surface area contributed by atoms with Gasteiger partial charge in [-0.15, -0.1) is 11.3 Å². The van der Waals surface area contributed by atoms with Gasteiger partial charge in [-0.2, -0.15) is 0 Å². The Hall–Kier alpha value is -1.19. The number of hydrogen-bond donors (Lipinski definition) is 1. The van der Waals surface area contributed by atoms with Crippen molar-refractivity contribution >= 4 is 11.3 Å². The average Bonchev–Trinajstić information content (AvgIpc) is 3.10. The average molecular weight is 258 g/mol. The van der Waals surface area contributed by atoms with Crippen molar-refractivity contribution in [3.63, 3.8) is 0 Å². The van der Waals surface area contributed by atoms with E-state index in [0.717, 1.165) is 12.5 Å². The molecular formula is C15H18N2S. The first kappa shape index (κ1) is 11.9. The van der Waals surface area contributed by atoms with Crippen molar-refractivity contribution < 1.29 is 0 Å². The van der Waals surface area contributed by atoms with E-state index < -0.39 is 0 Å². The predicted molar refractivity (Wildman–Crippen MR) is 75.8 cm³/mol. The molecule has 18 heavy (non-hydrogen) atoms. The van der Waals surface area contributed by atoms with Crippen LogP contribution in [0.2, 0.25) is 0 Å². The maximum Gasteiger partial charge on any atom is 0.109 e. The fourth-order valence-electron chi connectivity index (χ4n) is 2.29. The second-order valence-electron chi connectivity index (χ2n) is 4.95. The van der Waals surface area contributed by atoms with E-state index in [1.807, 2.05) is 11.6 Å². The van der Waals surface area contributed by atoms with Gasteiger partial charge < -0.3 is 5.32 Å². The molecule has 1 N–H and O–H groups in total. The zero-order valence-corrected chi connectivity index (χ0v) is 11.4. The van der Waals surface area contributed by atoms with Crippen LogP contribution in [-0.2, 0) is 6.54 Å². The standard InChI is InChI=1S/C15H18N2S/c1-11(15-16-8-9-18-15)17-10-13-4-2-3-5-14(13)12-6-7-12/h2-5,8-9,11-12,17H,6-7,10H2,1H3. The van der Waals surface area contributed by atoms with Crippen LogP contribution in [0.25, 0.3) is 0 Å². The normalized spacial score (nSPS) is 16.7. The summed E-state index contributed by atoms with van der Waals surface area (Å²) in [4.78, 5) is 4.35. The van der Waals surface area contributed by atoms with E-state index in [1.165, 1.54) is 29.0 Å². The van der Waals surface area contributed by atoms with Gasteiger partial charge in [0, 0.05) is 18.1 Å². The molecule has 1 heterocycles. The van der Waals surface area contributed by atoms with E-state index in [1.54, 1.807) is 11.3 Å². The summed E-state index contributed by atoms with van der Waals surface area (Å²) in [6.45, 7) is 3.12. The van der Waals surface area contributed by atoms with Gasteiger partial charge >= 0.3 is 0 Å². The van der Waals surface area contributed by atoms with Gasteiger partial charge in [-0.3, -0.25) is 0 Å². The Bertz CT molecular complexity index is 503. The summed E-state index contributed by atoms with van der Waals surface area (Å²) in [6.07, 6.45) is 4.59. The molecule has 1 saturated carbocycles. The van der Waals surface area contributed by atoms with Gasteiger partial charge in [0.15, 0.2) is 0 Å². The molecule has 0 saturated heterocycles. The number of thiazole rings is 1. The van der Waals surface area contributed by atoms with Gasteiger partial charge in [-0.25, -0.2) is 4.98 Å². The van der Waals surface area contributed by atoms with E-state index >= 15 is 0 Å². The van der Waals surface area contributed by atoms with E-state index in [9.17, 15) is 0 Å². The molecule has 0 amide bonds. The molecule has 0 spiro atoms. The predicted octanol–water partition coefficient (Wildman–Crippen LogP) is 3.87. The molecule has 1 aliphatic carbocycles. The highest BCUT2D eigenvalue weighted by molar-refractivity contribution is 7.09. The van der Waals surface area contributed by atoms with Crippen LogP contribution in [0, 0.1) is 0 Å². The number of nitrogens with zero attached hydrogens (tertiary/aromatic N) is 1. The fraction of sp³-hybridized carbons (Fsp3) is 0.400. The molecule has 1 aromatic heterocycles. The van der Waals surface area contributed by atoms with E-state index in [-0.39, 0.29) is 0 Å². The van der Waals surface area contributed by atoms with Gasteiger partial charge in [0.05, 0.1) is 6.04 Å². The Morgan fingerprint density at radius 3 is 2.94 bits per heavy atom. The smallest absolute Gasteiger partial charge is 0.109 e. The number of nitrogens with one attached hydrogen (secondary N) is 1. The summed E-state index contributed by atoms with van der Waals surface area (Å²) in [5.41, 5.74) is 2.99. The minimum atomic E-state index is 0.331. The van der Waals surface area contributed by atoms with Gasteiger partial charge in [0.25, 0.3) is 0 Å². The van der Waals surface area contributed by atoms with Crippen LogP contribution in [0.15, 0.2) is 35.8 Å². The highest BCUT2D eigenvalue weighted by Gasteiger charge is 2.25. The molecule has 3 heteroatoms. The highest BCUT2D eigenvalue weighted by atomic mass is 32.1. The molecule has 0 aliphatic heterocycles. The molecule has 0 radical (unpaired) electrons. The second-order valence-corrected chi connectivity index (χ2v) is 5.87. The van der Waals surface area contributed by atoms with Crippen LogP contribution in [0.5, 0.6) is 0 Å². The lowest BCUT2D eigenvalue weighted by molar-refractivity contribution is 0.569. The quantitative estimate of drug-likeness (QED) is 0.880. The molecule has 94 valence electrons. The molecule has 3 rings (SSSR count). The highest BCUT2D eigenvalue weighted by Crippen LogP contribution is 2.41. The largest absolute Gasteiger partial charge is 0.304 e. The lowest BCUT2D eigenvalue weighted by Crippen LogP contribution is -2.18. The van der Waals surface area contributed by atoms with Crippen LogP contribution in [0.4, 0.5) is 0 Å². The van der Waals surface area contributed by atoms with Crippen molar-refractivity contribution in [2.45, 2.75) is 38.3 Å². The van der Waals surface area contributed by atoms with Crippen LogP contribution in [0.3, 0.4) is 0 Å². The first-order valence-corrected chi connectivity index (χ1v) is 7.43. The van der Waals surface area contributed by atoms with Crippen LogP contribution >= 0.6 is 11.3 Å². The zero-order chi connectivity index (χ0) is 12.4.